The minimum atomic E-state index is -1.53. The second-order valence-electron chi connectivity index (χ2n) is 16.9. The van der Waals surface area contributed by atoms with Crippen LogP contribution in [0.15, 0.2) is 30.3 Å². The van der Waals surface area contributed by atoms with Gasteiger partial charge >= 0.3 is 11.9 Å². The molecule has 0 unspecified atom stereocenters. The van der Waals surface area contributed by atoms with Crippen LogP contribution in [0.5, 0.6) is 0 Å². The van der Waals surface area contributed by atoms with Gasteiger partial charge in [0, 0.05) is 19.8 Å². The van der Waals surface area contributed by atoms with Gasteiger partial charge in [-0.1, -0.05) is 84.7 Å². The molecule has 0 aliphatic rings. The van der Waals surface area contributed by atoms with E-state index in [1.54, 1.807) is 71.9 Å². The number of rotatable bonds is 31. The zero-order chi connectivity index (χ0) is 52.1. The topological polar surface area (TPSA) is 388 Å². The molecule has 0 saturated heterocycles. The Morgan fingerprint density at radius 1 is 0.618 bits per heavy atom. The Morgan fingerprint density at radius 2 is 1.10 bits per heavy atom. The summed E-state index contributed by atoms with van der Waals surface area (Å²) >= 11 is 0. The van der Waals surface area contributed by atoms with Crippen LogP contribution in [-0.2, 0) is 54.4 Å². The van der Waals surface area contributed by atoms with Crippen LogP contribution in [-0.4, -0.2) is 142 Å². The van der Waals surface area contributed by atoms with Crippen LogP contribution in [0.4, 0.5) is 0 Å². The number of carbonyl (C=O) groups excluding carboxylic acids is 7. The van der Waals surface area contributed by atoms with Crippen LogP contribution < -0.4 is 48.7 Å². The Labute approximate surface area is 397 Å². The van der Waals surface area contributed by atoms with Crippen molar-refractivity contribution in [3.05, 3.63) is 35.9 Å². The number of nitrogens with one attached hydrogen (secondary N) is 7. The second-order valence-corrected chi connectivity index (χ2v) is 16.9. The van der Waals surface area contributed by atoms with Gasteiger partial charge in [-0.15, -0.1) is 0 Å². The minimum Gasteiger partial charge on any atom is -0.481 e. The molecule has 0 heterocycles. The highest BCUT2D eigenvalue weighted by molar-refractivity contribution is 5.97. The van der Waals surface area contributed by atoms with Crippen molar-refractivity contribution in [2.45, 2.75) is 149 Å². The van der Waals surface area contributed by atoms with E-state index in [1.165, 1.54) is 0 Å². The molecule has 0 radical (unpaired) electrons. The van der Waals surface area contributed by atoms with E-state index in [0.717, 1.165) is 6.92 Å². The first kappa shape index (κ1) is 61.8. The Balaban J connectivity index is 0.0000108. The van der Waals surface area contributed by atoms with Crippen LogP contribution in [0.3, 0.4) is 0 Å². The number of benzene rings is 1. The molecule has 68 heavy (non-hydrogen) atoms. The second kappa shape index (κ2) is 33.3. The predicted molar refractivity (Wildman–Crippen MR) is 249 cm³/mol. The summed E-state index contributed by atoms with van der Waals surface area (Å²) in [6.07, 6.45) is 0.795. The number of aliphatic hydroxyl groups excluding tert-OH is 1. The number of nitrogens with two attached hydrogens (primary N) is 2. The molecule has 0 aliphatic heterocycles. The maximum Gasteiger partial charge on any atom is 0.326 e. The highest BCUT2D eigenvalue weighted by Gasteiger charge is 2.35. The molecular formula is C45H75N9O14. The number of hydrogen-bond donors (Lipinski definition) is 13. The molecule has 23 heteroatoms. The number of unbranched alkanes of at least 4 members (excludes halogenated alkanes) is 1. The van der Waals surface area contributed by atoms with Crippen molar-refractivity contribution in [1.29, 1.82) is 0 Å². The van der Waals surface area contributed by atoms with Crippen molar-refractivity contribution in [2.24, 2.45) is 29.2 Å². The average molecular weight is 966 g/mol. The van der Waals surface area contributed by atoms with Crippen LogP contribution in [0, 0.1) is 17.8 Å². The van der Waals surface area contributed by atoms with Crippen LogP contribution in [0.25, 0.3) is 0 Å². The van der Waals surface area contributed by atoms with E-state index in [2.05, 4.69) is 37.2 Å². The van der Waals surface area contributed by atoms with Gasteiger partial charge in [-0.3, -0.25) is 43.2 Å². The number of hydrogen-bond acceptors (Lipinski definition) is 13. The summed E-state index contributed by atoms with van der Waals surface area (Å²) in [6.45, 7) is 10.6. The molecule has 15 N–H and O–H groups in total. The van der Waals surface area contributed by atoms with Gasteiger partial charge in [0.25, 0.3) is 5.97 Å². The highest BCUT2D eigenvalue weighted by atomic mass is 16.4. The molecule has 0 spiro atoms. The summed E-state index contributed by atoms with van der Waals surface area (Å²) in [4.78, 5) is 127. The molecule has 0 bridgehead atoms. The van der Waals surface area contributed by atoms with Crippen molar-refractivity contribution in [3.8, 4) is 0 Å². The number of carboxylic acids is 3. The maximum absolute atomic E-state index is 14.0. The smallest absolute Gasteiger partial charge is 0.326 e. The van der Waals surface area contributed by atoms with Crippen molar-refractivity contribution in [1.82, 2.24) is 37.2 Å². The third-order valence-electron chi connectivity index (χ3n) is 10.7. The minimum absolute atomic E-state index is 0.0523. The first-order chi connectivity index (χ1) is 31.9. The van der Waals surface area contributed by atoms with Crippen LogP contribution >= 0.6 is 0 Å². The Bertz CT molecular complexity index is 1800. The van der Waals surface area contributed by atoms with E-state index >= 15 is 0 Å². The number of amides is 7. The van der Waals surface area contributed by atoms with Crippen molar-refractivity contribution in [2.75, 3.05) is 19.7 Å². The fraction of sp³-hybridized carbons (Fsp3) is 0.644. The SMILES string of the molecule is CC(=O)O.CC[C@H](C)[C@H](NC(=O)[C@@H](NC(=O)[C@@H](N)CO)[C@@H](C)CC)C(=O)NCC(=O)N[C@@H](Cc1ccccc1)C(=O)N[C@@H](CCC(=O)O)C(=O)N[C@@H](CCCCN)C(=O)N[C@@H](CC(C)C)C(=O)O. The first-order valence-electron chi connectivity index (χ1n) is 22.8. The molecule has 0 fully saturated rings. The van der Waals surface area contributed by atoms with Crippen molar-refractivity contribution >= 4 is 59.3 Å². The van der Waals surface area contributed by atoms with E-state index in [1.807, 2.05) is 0 Å². The molecule has 7 amide bonds. The number of carbonyl (C=O) groups is 10. The highest BCUT2D eigenvalue weighted by Crippen LogP contribution is 2.14. The van der Waals surface area contributed by atoms with E-state index in [9.17, 15) is 58.5 Å². The van der Waals surface area contributed by atoms with Gasteiger partial charge < -0.3 is 69.1 Å². The van der Waals surface area contributed by atoms with Gasteiger partial charge in [0.05, 0.1) is 13.2 Å². The molecule has 1 rings (SSSR count). The average Bonchev–Trinajstić information content (AvgIpc) is 3.28. The summed E-state index contributed by atoms with van der Waals surface area (Å²) in [6, 6.07) is -0.477. The lowest BCUT2D eigenvalue weighted by molar-refractivity contribution is -0.143. The Kier molecular flexibility index (Phi) is 30.3. The van der Waals surface area contributed by atoms with E-state index in [0.29, 0.717) is 31.2 Å². The lowest BCUT2D eigenvalue weighted by atomic mass is 9.94. The first-order valence-corrected chi connectivity index (χ1v) is 22.8. The summed E-state index contributed by atoms with van der Waals surface area (Å²) in [7, 11) is 0. The maximum atomic E-state index is 14.0. The fourth-order valence-electron chi connectivity index (χ4n) is 6.38. The van der Waals surface area contributed by atoms with Crippen LogP contribution in [0.2, 0.25) is 0 Å². The molecule has 0 aromatic heterocycles. The normalized spacial score (nSPS) is 14.8. The van der Waals surface area contributed by atoms with Gasteiger partial charge in [0.1, 0.15) is 42.3 Å². The van der Waals surface area contributed by atoms with Gasteiger partial charge in [-0.2, -0.15) is 0 Å². The summed E-state index contributed by atoms with van der Waals surface area (Å²) < 4.78 is 0. The monoisotopic (exact) mass is 966 g/mol. The molecule has 1 aromatic rings. The van der Waals surface area contributed by atoms with Gasteiger partial charge in [-0.25, -0.2) is 4.79 Å². The van der Waals surface area contributed by atoms with Gasteiger partial charge in [0.15, 0.2) is 0 Å². The van der Waals surface area contributed by atoms with Gasteiger partial charge in [0.2, 0.25) is 41.4 Å². The summed E-state index contributed by atoms with van der Waals surface area (Å²) in [5, 5.41) is 53.7. The number of carboxylic acid groups (broad SMARTS) is 3. The Hall–Kier alpha value is -6.20. The zero-order valence-corrected chi connectivity index (χ0v) is 40.2. The third-order valence-corrected chi connectivity index (χ3v) is 10.7. The van der Waals surface area contributed by atoms with Crippen molar-refractivity contribution < 1.29 is 68.4 Å². The number of aliphatic carboxylic acids is 3. The predicted octanol–water partition coefficient (Wildman–Crippen LogP) is -1.12. The van der Waals surface area contributed by atoms with E-state index in [4.69, 9.17) is 21.4 Å². The molecule has 23 nitrogen and oxygen atoms in total. The lowest BCUT2D eigenvalue weighted by Crippen LogP contribution is -2.60. The summed E-state index contributed by atoms with van der Waals surface area (Å²) in [5.41, 5.74) is 11.9. The zero-order valence-electron chi connectivity index (χ0n) is 40.2. The molecule has 1 aromatic carbocycles. The standard InChI is InChI=1S/C43H71N9O12.C2H4O2/c1-7-25(5)35(52-42(62)36(26(6)8-2)51-37(57)28(45)23-53)41(61)46-22-33(54)47-31(21-27-14-10-9-11-15-27)40(60)49-30(17-18-34(55)56)39(59)48-29(16-12-13-19-44)38(58)50-32(43(63)64)20-24(3)4;1-2(3)4/h9-11,14-15,24-26,28-32,35-36,53H,7-8,12-13,16-23,44-45H2,1-6H3,(H,46,61)(H,47,54)(H,48,59)(H,49,60)(H,50,58)(H,51,57)(H,52,62)(H,55,56)(H,63,64);1H3,(H,3,4)/t25-,26-,28-,29-,30-,31-,32-,35-,36-;/m0./s1. The molecule has 384 valence electrons. The third kappa shape index (κ3) is 25.1. The quantitative estimate of drug-likeness (QED) is 0.0392. The van der Waals surface area contributed by atoms with Crippen molar-refractivity contribution in [3.63, 3.8) is 0 Å². The van der Waals surface area contributed by atoms with E-state index < -0.39 is 139 Å². The molecular weight excluding hydrogens is 891 g/mol. The largest absolute Gasteiger partial charge is 0.481 e. The Morgan fingerprint density at radius 3 is 1.57 bits per heavy atom. The lowest BCUT2D eigenvalue weighted by Gasteiger charge is -2.29. The molecule has 9 atom stereocenters. The summed E-state index contributed by atoms with van der Waals surface area (Å²) in [5.74, 6) is -9.96. The molecule has 0 aliphatic carbocycles. The number of aliphatic hydroxyl groups is 1. The van der Waals surface area contributed by atoms with E-state index in [-0.39, 0.29) is 31.7 Å². The molecule has 0 saturated carbocycles. The fourth-order valence-corrected chi connectivity index (χ4v) is 6.38. The van der Waals surface area contributed by atoms with Crippen LogP contribution in [0.1, 0.15) is 105 Å². The van der Waals surface area contributed by atoms with Gasteiger partial charge in [-0.05, 0) is 62.0 Å².